The Kier molecular flexibility index (Phi) is 3.53. The zero-order valence-corrected chi connectivity index (χ0v) is 11.9. The second-order valence-corrected chi connectivity index (χ2v) is 4.80. The van der Waals surface area contributed by atoms with E-state index in [0.717, 1.165) is 0 Å². The molecule has 0 saturated carbocycles. The molecule has 8 heteroatoms. The molecule has 1 N–H and O–H groups in total. The lowest BCUT2D eigenvalue weighted by atomic mass is 10.2. The first-order valence-electron chi connectivity index (χ1n) is 5.78. The van der Waals surface area contributed by atoms with E-state index in [1.165, 1.54) is 18.4 Å². The summed E-state index contributed by atoms with van der Waals surface area (Å²) in [5.74, 6) is -0.870. The molecule has 0 aliphatic carbocycles. The standard InChI is InChI=1S/C13H7BrFN3O3/c14-8-4-1-3-7(10(8)15)11(19)16-13-18-17-12(21-13)9-5-2-6-20-9/h1-6H,(H,16,18,19). The Hall–Kier alpha value is -2.48. The highest BCUT2D eigenvalue weighted by Gasteiger charge is 2.17. The Morgan fingerprint density at radius 2 is 2.10 bits per heavy atom. The summed E-state index contributed by atoms with van der Waals surface area (Å²) >= 11 is 3.01. The Bertz CT molecular complexity index is 786. The minimum atomic E-state index is -0.691. The monoisotopic (exact) mass is 351 g/mol. The van der Waals surface area contributed by atoms with Gasteiger partial charge in [0.1, 0.15) is 5.82 Å². The van der Waals surface area contributed by atoms with Gasteiger partial charge in [0.25, 0.3) is 11.8 Å². The molecule has 0 saturated heterocycles. The maximum Gasteiger partial charge on any atom is 0.322 e. The first-order valence-corrected chi connectivity index (χ1v) is 6.57. The fraction of sp³-hybridized carbons (Fsp3) is 0. The third-order valence-electron chi connectivity index (χ3n) is 2.57. The van der Waals surface area contributed by atoms with Crippen LogP contribution in [0.4, 0.5) is 10.4 Å². The van der Waals surface area contributed by atoms with Crippen molar-refractivity contribution in [3.05, 3.63) is 52.4 Å². The van der Waals surface area contributed by atoms with Crippen molar-refractivity contribution in [1.29, 1.82) is 0 Å². The van der Waals surface area contributed by atoms with Crippen LogP contribution in [0.3, 0.4) is 0 Å². The van der Waals surface area contributed by atoms with Gasteiger partial charge in [0.15, 0.2) is 5.76 Å². The minimum Gasteiger partial charge on any atom is -0.459 e. The summed E-state index contributed by atoms with van der Waals surface area (Å²) in [7, 11) is 0. The molecule has 0 unspecified atom stereocenters. The van der Waals surface area contributed by atoms with Crippen molar-refractivity contribution < 1.29 is 18.0 Å². The highest BCUT2D eigenvalue weighted by molar-refractivity contribution is 9.10. The molecule has 106 valence electrons. The largest absolute Gasteiger partial charge is 0.459 e. The molecule has 0 fully saturated rings. The van der Waals surface area contributed by atoms with Gasteiger partial charge in [0.2, 0.25) is 0 Å². The molecule has 3 aromatic rings. The van der Waals surface area contributed by atoms with Crippen molar-refractivity contribution in [2.45, 2.75) is 0 Å². The van der Waals surface area contributed by atoms with Crippen LogP contribution in [-0.2, 0) is 0 Å². The topological polar surface area (TPSA) is 81.2 Å². The van der Waals surface area contributed by atoms with E-state index in [9.17, 15) is 9.18 Å². The van der Waals surface area contributed by atoms with Crippen LogP contribution in [0.1, 0.15) is 10.4 Å². The van der Waals surface area contributed by atoms with Crippen LogP contribution in [0.5, 0.6) is 0 Å². The van der Waals surface area contributed by atoms with Crippen molar-refractivity contribution in [3.63, 3.8) is 0 Å². The van der Waals surface area contributed by atoms with Crippen LogP contribution >= 0.6 is 15.9 Å². The van der Waals surface area contributed by atoms with Gasteiger partial charge in [-0.1, -0.05) is 11.2 Å². The first-order chi connectivity index (χ1) is 10.1. The van der Waals surface area contributed by atoms with Crippen LogP contribution < -0.4 is 5.32 Å². The number of benzene rings is 1. The van der Waals surface area contributed by atoms with Crippen LogP contribution in [0.15, 0.2) is 49.9 Å². The summed E-state index contributed by atoms with van der Waals surface area (Å²) in [6.07, 6.45) is 1.45. The van der Waals surface area contributed by atoms with Crippen LogP contribution in [-0.4, -0.2) is 16.1 Å². The van der Waals surface area contributed by atoms with E-state index in [1.807, 2.05) is 0 Å². The molecule has 0 spiro atoms. The predicted molar refractivity (Wildman–Crippen MR) is 74.1 cm³/mol. The lowest BCUT2D eigenvalue weighted by molar-refractivity contribution is 0.102. The van der Waals surface area contributed by atoms with Crippen molar-refractivity contribution >= 4 is 27.9 Å². The summed E-state index contributed by atoms with van der Waals surface area (Å²) in [6.45, 7) is 0. The summed E-state index contributed by atoms with van der Waals surface area (Å²) in [4.78, 5) is 12.0. The zero-order chi connectivity index (χ0) is 14.8. The van der Waals surface area contributed by atoms with E-state index < -0.39 is 11.7 Å². The van der Waals surface area contributed by atoms with Gasteiger partial charge in [0.05, 0.1) is 16.3 Å². The number of aromatic nitrogens is 2. The highest BCUT2D eigenvalue weighted by atomic mass is 79.9. The average molecular weight is 352 g/mol. The minimum absolute atomic E-state index is 0.116. The van der Waals surface area contributed by atoms with E-state index in [1.54, 1.807) is 18.2 Å². The molecule has 0 bridgehead atoms. The maximum absolute atomic E-state index is 13.8. The van der Waals surface area contributed by atoms with E-state index >= 15 is 0 Å². The number of furan rings is 1. The molecule has 0 atom stereocenters. The number of hydrogen-bond donors (Lipinski definition) is 1. The van der Waals surface area contributed by atoms with Gasteiger partial charge in [-0.15, -0.1) is 5.10 Å². The Balaban J connectivity index is 1.81. The molecule has 2 heterocycles. The van der Waals surface area contributed by atoms with E-state index in [-0.39, 0.29) is 21.9 Å². The number of anilines is 1. The second kappa shape index (κ2) is 5.49. The number of carbonyl (C=O) groups is 1. The average Bonchev–Trinajstić information content (AvgIpc) is 3.12. The Labute approximate surface area is 126 Å². The number of halogens is 2. The molecule has 6 nitrogen and oxygen atoms in total. The summed E-state index contributed by atoms with van der Waals surface area (Å²) in [5, 5.41) is 9.69. The van der Waals surface area contributed by atoms with E-state index in [4.69, 9.17) is 8.83 Å². The van der Waals surface area contributed by atoms with Crippen molar-refractivity contribution in [2.24, 2.45) is 0 Å². The Morgan fingerprint density at radius 3 is 2.86 bits per heavy atom. The predicted octanol–water partition coefficient (Wildman–Crippen LogP) is 3.48. The third-order valence-corrected chi connectivity index (χ3v) is 3.19. The van der Waals surface area contributed by atoms with Crippen molar-refractivity contribution in [3.8, 4) is 11.7 Å². The smallest absolute Gasteiger partial charge is 0.322 e. The molecule has 21 heavy (non-hydrogen) atoms. The van der Waals surface area contributed by atoms with Crippen LogP contribution in [0.2, 0.25) is 0 Å². The number of nitrogens with zero attached hydrogens (tertiary/aromatic N) is 2. The lowest BCUT2D eigenvalue weighted by Crippen LogP contribution is -2.14. The van der Waals surface area contributed by atoms with Crippen LogP contribution in [0, 0.1) is 5.82 Å². The van der Waals surface area contributed by atoms with E-state index in [2.05, 4.69) is 31.4 Å². The van der Waals surface area contributed by atoms with Gasteiger partial charge in [-0.25, -0.2) is 4.39 Å². The molecule has 0 aliphatic rings. The van der Waals surface area contributed by atoms with Crippen molar-refractivity contribution in [1.82, 2.24) is 10.2 Å². The van der Waals surface area contributed by atoms with Gasteiger partial charge < -0.3 is 8.83 Å². The van der Waals surface area contributed by atoms with Crippen LogP contribution in [0.25, 0.3) is 11.7 Å². The van der Waals surface area contributed by atoms with Crippen molar-refractivity contribution in [2.75, 3.05) is 5.32 Å². The Morgan fingerprint density at radius 1 is 1.24 bits per heavy atom. The molecule has 0 aliphatic heterocycles. The fourth-order valence-electron chi connectivity index (χ4n) is 1.62. The maximum atomic E-state index is 13.8. The number of rotatable bonds is 3. The molecule has 3 rings (SSSR count). The number of nitrogens with one attached hydrogen (secondary N) is 1. The number of hydrogen-bond acceptors (Lipinski definition) is 5. The van der Waals surface area contributed by atoms with Gasteiger partial charge in [-0.2, -0.15) is 0 Å². The molecular formula is C13H7BrFN3O3. The zero-order valence-electron chi connectivity index (χ0n) is 10.3. The normalized spacial score (nSPS) is 10.6. The van der Waals surface area contributed by atoms with Gasteiger partial charge >= 0.3 is 6.01 Å². The van der Waals surface area contributed by atoms with Gasteiger partial charge in [0, 0.05) is 0 Å². The molecule has 0 radical (unpaired) electrons. The quantitative estimate of drug-likeness (QED) is 0.781. The highest BCUT2D eigenvalue weighted by Crippen LogP contribution is 2.22. The van der Waals surface area contributed by atoms with Gasteiger partial charge in [-0.05, 0) is 40.2 Å². The molecular weight excluding hydrogens is 345 g/mol. The summed E-state index contributed by atoms with van der Waals surface area (Å²) < 4.78 is 24.3. The summed E-state index contributed by atoms with van der Waals surface area (Å²) in [5.41, 5.74) is -0.137. The number of carbonyl (C=O) groups excluding carboxylic acids is 1. The lowest BCUT2D eigenvalue weighted by Gasteiger charge is -2.03. The number of amides is 1. The summed E-state index contributed by atoms with van der Waals surface area (Å²) in [6, 6.07) is 7.53. The molecule has 2 aromatic heterocycles. The molecule has 1 amide bonds. The van der Waals surface area contributed by atoms with E-state index in [0.29, 0.717) is 5.76 Å². The second-order valence-electron chi connectivity index (χ2n) is 3.95. The first kappa shape index (κ1) is 13.5. The SMILES string of the molecule is O=C(Nc1nnc(-c2ccco2)o1)c1cccc(Br)c1F. The fourth-order valence-corrected chi connectivity index (χ4v) is 1.98. The third kappa shape index (κ3) is 2.70. The molecule has 1 aromatic carbocycles. The van der Waals surface area contributed by atoms with Gasteiger partial charge in [-0.3, -0.25) is 10.1 Å².